The van der Waals surface area contributed by atoms with Gasteiger partial charge in [-0.05, 0) is 0 Å². The zero-order valence-electron chi connectivity index (χ0n) is 22.9. The molecule has 4 aliphatic carbocycles. The Labute approximate surface area is 211 Å². The summed E-state index contributed by atoms with van der Waals surface area (Å²) in [5, 5.41) is 0. The molecule has 4 unspecified atom stereocenters. The Bertz CT molecular complexity index is 1150. The summed E-state index contributed by atoms with van der Waals surface area (Å²) in [5.41, 5.74) is 3.75. The number of allylic oxidation sites excluding steroid dienone is 8. The Hall–Kier alpha value is -0.720. The number of hydrogen-bond donors (Lipinski definition) is 0. The quantitative estimate of drug-likeness (QED) is 0.262. The van der Waals surface area contributed by atoms with E-state index in [0.29, 0.717) is 0 Å². The van der Waals surface area contributed by atoms with Crippen molar-refractivity contribution in [3.05, 3.63) is 77.9 Å². The Balaban J connectivity index is 1.95. The van der Waals surface area contributed by atoms with Crippen LogP contribution in [0.2, 0.25) is 20.1 Å². The third-order valence-electron chi connectivity index (χ3n) is 13.1. The van der Waals surface area contributed by atoms with E-state index < -0.39 is 14.4 Å². The molecule has 0 saturated heterocycles. The van der Waals surface area contributed by atoms with Crippen LogP contribution in [0.4, 0.5) is 0 Å². The summed E-state index contributed by atoms with van der Waals surface area (Å²) in [6.07, 6.45) is 28.6. The van der Waals surface area contributed by atoms with Gasteiger partial charge in [0.15, 0.2) is 0 Å². The summed E-state index contributed by atoms with van der Waals surface area (Å²) < 4.78 is 9.42. The molecular formula is C33H50SiZr. The molecule has 1 aromatic carbocycles. The molecule has 0 nitrogen and oxygen atoms in total. The fourth-order valence-corrected chi connectivity index (χ4v) is 57.4. The van der Waals surface area contributed by atoms with Crippen LogP contribution in [0.25, 0.3) is 0 Å². The van der Waals surface area contributed by atoms with Crippen LogP contribution in [0.5, 0.6) is 0 Å². The molecule has 1 aromatic rings. The van der Waals surface area contributed by atoms with Crippen LogP contribution in [-0.2, 0) is 14.4 Å². The van der Waals surface area contributed by atoms with Gasteiger partial charge in [0.05, 0.1) is 0 Å². The third-order valence-corrected chi connectivity index (χ3v) is 61.6. The first kappa shape index (κ1) is 25.9. The van der Waals surface area contributed by atoms with Gasteiger partial charge in [-0.3, -0.25) is 0 Å². The number of unbranched alkanes of at least 4 members (excludes halogenated alkanes) is 2. The number of hydrogen-bond acceptors (Lipinski definition) is 0. The normalized spacial score (nSPS) is 30.9. The number of benzene rings is 1. The van der Waals surface area contributed by atoms with Gasteiger partial charge in [-0.1, -0.05) is 0 Å². The van der Waals surface area contributed by atoms with Crippen LogP contribution in [0.3, 0.4) is 0 Å². The number of fused-ring (bicyclic) bond motifs is 2. The van der Waals surface area contributed by atoms with Crippen molar-refractivity contribution in [2.45, 2.75) is 98.2 Å². The molecule has 0 amide bonds. The molecule has 2 saturated carbocycles. The van der Waals surface area contributed by atoms with Crippen LogP contribution < -0.4 is 3.27 Å². The second kappa shape index (κ2) is 8.39. The molecule has 0 heterocycles. The van der Waals surface area contributed by atoms with Crippen LogP contribution in [-0.4, -0.2) is 6.88 Å². The van der Waals surface area contributed by atoms with Crippen LogP contribution in [0, 0.1) is 11.8 Å². The van der Waals surface area contributed by atoms with Crippen LogP contribution in [0.1, 0.15) is 78.1 Å². The first-order chi connectivity index (χ1) is 16.8. The maximum absolute atomic E-state index is 4.88. The molecule has 5 rings (SSSR count). The molecule has 4 aliphatic rings. The maximum atomic E-state index is 3.08. The molecule has 0 aliphatic heterocycles. The van der Waals surface area contributed by atoms with Gasteiger partial charge in [-0.2, -0.15) is 0 Å². The second-order valence-electron chi connectivity index (χ2n) is 14.7. The van der Waals surface area contributed by atoms with Crippen LogP contribution in [0.15, 0.2) is 77.9 Å². The minimum absolute atomic E-state index is 0.774. The molecule has 0 N–H and O–H groups in total. The van der Waals surface area contributed by atoms with Crippen molar-refractivity contribution in [1.29, 1.82) is 0 Å². The van der Waals surface area contributed by atoms with E-state index >= 15 is 0 Å². The zero-order valence-corrected chi connectivity index (χ0v) is 26.7. The van der Waals surface area contributed by atoms with Crippen molar-refractivity contribution in [3.63, 3.8) is 0 Å². The van der Waals surface area contributed by atoms with Crippen molar-refractivity contribution < 1.29 is 14.4 Å². The molecule has 0 spiro atoms. The van der Waals surface area contributed by atoms with Gasteiger partial charge in [-0.25, -0.2) is 0 Å². The monoisotopic (exact) mass is 564 g/mol. The average Bonchev–Trinajstić information content (AvgIpc) is 3.55. The molecule has 0 bridgehead atoms. The fraction of sp³-hybridized carbons (Fsp3) is 0.576. The molecule has 35 heavy (non-hydrogen) atoms. The Morgan fingerprint density at radius 2 is 1.23 bits per heavy atom. The van der Waals surface area contributed by atoms with Gasteiger partial charge in [0, 0.05) is 0 Å². The average molecular weight is 566 g/mol. The SMILES string of the molecule is CCC[CH2][Zr]([CH3])(=[SiH2])([CH2]CCC)([c]1ccccc1)([CH]1CCC2CC=CC=C21)[CH]1CCC2CC=CC=C21. The Kier molecular flexibility index (Phi) is 6.21. The van der Waals surface area contributed by atoms with Crippen molar-refractivity contribution >= 4 is 10.2 Å². The van der Waals surface area contributed by atoms with Crippen LogP contribution >= 0.6 is 0 Å². The summed E-state index contributed by atoms with van der Waals surface area (Å²) in [7, 11) is 0. The summed E-state index contributed by atoms with van der Waals surface area (Å²) in [6, 6.07) is 12.4. The van der Waals surface area contributed by atoms with E-state index in [-0.39, 0.29) is 0 Å². The summed E-state index contributed by atoms with van der Waals surface area (Å²) in [5.74, 6) is 1.58. The van der Waals surface area contributed by atoms with Gasteiger partial charge in [0.1, 0.15) is 0 Å². The first-order valence-corrected chi connectivity index (χ1v) is 31.0. The molecule has 0 radical (unpaired) electrons. The molecule has 4 atom stereocenters. The van der Waals surface area contributed by atoms with Gasteiger partial charge < -0.3 is 0 Å². The van der Waals surface area contributed by atoms with E-state index in [1.54, 1.807) is 0 Å². The third kappa shape index (κ3) is 3.30. The van der Waals surface area contributed by atoms with Crippen molar-refractivity contribution in [1.82, 2.24) is 0 Å². The molecular weight excluding hydrogens is 516 g/mol. The second-order valence-corrected chi connectivity index (χ2v) is 62.9. The zero-order chi connectivity index (χ0) is 24.7. The van der Waals surface area contributed by atoms with Crippen molar-refractivity contribution in [2.75, 3.05) is 0 Å². The molecule has 2 fully saturated rings. The van der Waals surface area contributed by atoms with E-state index in [1.807, 2.05) is 14.4 Å². The standard InChI is InChI=1S/2C9H11.C6H5.2C4H9.CH3.H2Si.Zr/c2*1-2-5-9-7-3-6-8(9)4-1;1-2-4-6-5-3-1;2*1-3-4-2;;;/h2*1-2,4,6,9H,3,5,7H2;1-5H;2*1,3-4H2,2H3;1H3;1H2;. The van der Waals surface area contributed by atoms with Gasteiger partial charge >= 0.3 is 213 Å². The van der Waals surface area contributed by atoms with E-state index in [0.717, 1.165) is 19.1 Å². The first-order valence-electron chi connectivity index (χ1n) is 15.0. The van der Waals surface area contributed by atoms with Crippen molar-refractivity contribution in [2.24, 2.45) is 11.8 Å². The van der Waals surface area contributed by atoms with Gasteiger partial charge in [-0.15, -0.1) is 0 Å². The minimum atomic E-state index is -4.88. The topological polar surface area (TPSA) is 0 Å². The predicted octanol–water partition coefficient (Wildman–Crippen LogP) is 9.28. The van der Waals surface area contributed by atoms with Gasteiger partial charge in [0.25, 0.3) is 0 Å². The van der Waals surface area contributed by atoms with Gasteiger partial charge in [0.2, 0.25) is 0 Å². The Morgan fingerprint density at radius 1 is 0.743 bits per heavy atom. The Morgan fingerprint density at radius 3 is 1.69 bits per heavy atom. The van der Waals surface area contributed by atoms with E-state index in [4.69, 9.17) is 0 Å². The van der Waals surface area contributed by atoms with E-state index in [2.05, 4.69) is 92.1 Å². The summed E-state index contributed by atoms with van der Waals surface area (Å²) in [6.45, 7) is 7.62. The molecule has 0 aromatic heterocycles. The van der Waals surface area contributed by atoms with E-state index in [9.17, 15) is 0 Å². The molecule has 2 heteroatoms. The summed E-state index contributed by atoms with van der Waals surface area (Å²) in [4.78, 5) is 0. The predicted molar refractivity (Wildman–Crippen MR) is 157 cm³/mol. The van der Waals surface area contributed by atoms with Crippen molar-refractivity contribution in [3.8, 4) is 0 Å². The fourth-order valence-electron chi connectivity index (χ4n) is 11.1. The molecule has 190 valence electrons. The summed E-state index contributed by atoms with van der Waals surface area (Å²) >= 11 is -4.88. The number of rotatable bonds is 9. The van der Waals surface area contributed by atoms with E-state index in [1.165, 1.54) is 72.5 Å².